The Kier molecular flexibility index (Phi) is 8.16. The third-order valence-corrected chi connectivity index (χ3v) is 5.46. The molecule has 1 saturated heterocycles. The molecule has 4 N–H and O–H groups in total. The molecule has 0 atom stereocenters. The molecule has 7 nitrogen and oxygen atoms in total. The number of hydrogen-bond donors (Lipinski definition) is 3. The molecular formula is C22H30ClN5O2. The highest BCUT2D eigenvalue weighted by atomic mass is 35.5. The van der Waals surface area contributed by atoms with Crippen LogP contribution in [0.4, 0.5) is 10.5 Å². The average molecular weight is 432 g/mol. The van der Waals surface area contributed by atoms with Gasteiger partial charge in [0.25, 0.3) is 0 Å². The van der Waals surface area contributed by atoms with Gasteiger partial charge in [0.2, 0.25) is 0 Å². The number of rotatable bonds is 9. The smallest absolute Gasteiger partial charge is 0.324 e. The Bertz CT molecular complexity index is 909. The van der Waals surface area contributed by atoms with Crippen molar-refractivity contribution in [2.75, 3.05) is 38.1 Å². The van der Waals surface area contributed by atoms with Crippen molar-refractivity contribution in [1.82, 2.24) is 9.47 Å². The molecule has 0 spiro atoms. The molecule has 2 heterocycles. The Hall–Kier alpha value is -2.51. The number of aromatic nitrogens is 1. The molecule has 8 heteroatoms. The normalized spacial score (nSPS) is 14.4. The second kappa shape index (κ2) is 11.0. The molecule has 0 bridgehead atoms. The van der Waals surface area contributed by atoms with E-state index in [1.165, 1.54) is 44.1 Å². The van der Waals surface area contributed by atoms with E-state index in [4.69, 9.17) is 27.5 Å². The summed E-state index contributed by atoms with van der Waals surface area (Å²) in [7, 11) is 0. The van der Waals surface area contributed by atoms with Gasteiger partial charge in [-0.3, -0.25) is 14.9 Å². The number of likely N-dealkylation sites (tertiary alicyclic amines) is 1. The van der Waals surface area contributed by atoms with Crippen molar-refractivity contribution in [1.29, 1.82) is 5.41 Å². The second-order valence-corrected chi connectivity index (χ2v) is 7.99. The number of amides is 1. The summed E-state index contributed by atoms with van der Waals surface area (Å²) in [5, 5.41) is 11.6. The first-order valence-corrected chi connectivity index (χ1v) is 10.9. The summed E-state index contributed by atoms with van der Waals surface area (Å²) >= 11 is 6.01. The molecule has 0 radical (unpaired) electrons. The first-order valence-electron chi connectivity index (χ1n) is 10.5. The lowest BCUT2D eigenvalue weighted by atomic mass is 10.1. The molecule has 1 amide bonds. The van der Waals surface area contributed by atoms with Crippen molar-refractivity contribution < 1.29 is 9.53 Å². The zero-order valence-corrected chi connectivity index (χ0v) is 18.0. The molecule has 162 valence electrons. The molecule has 1 aliphatic rings. The Balaban J connectivity index is 1.45. The van der Waals surface area contributed by atoms with E-state index in [0.717, 1.165) is 29.7 Å². The van der Waals surface area contributed by atoms with Gasteiger partial charge >= 0.3 is 6.03 Å². The van der Waals surface area contributed by atoms with Gasteiger partial charge in [0.05, 0.1) is 10.7 Å². The van der Waals surface area contributed by atoms with Crippen molar-refractivity contribution in [3.8, 4) is 5.75 Å². The molecule has 1 aromatic carbocycles. The van der Waals surface area contributed by atoms with Crippen molar-refractivity contribution in [3.05, 3.63) is 52.6 Å². The molecule has 0 unspecified atom stereocenters. The third kappa shape index (κ3) is 6.50. The maximum Gasteiger partial charge on any atom is 0.324 e. The molecule has 0 aliphatic carbocycles. The highest BCUT2D eigenvalue weighted by molar-refractivity contribution is 6.30. The highest BCUT2D eigenvalue weighted by Crippen LogP contribution is 2.16. The Morgan fingerprint density at radius 3 is 2.80 bits per heavy atom. The number of nitrogens with zero attached hydrogens (tertiary/aromatic N) is 2. The first kappa shape index (κ1) is 22.2. The number of ether oxygens (including phenoxy) is 1. The van der Waals surface area contributed by atoms with Crippen molar-refractivity contribution in [2.24, 2.45) is 5.73 Å². The largest absolute Gasteiger partial charge is 0.492 e. The number of pyridine rings is 1. The van der Waals surface area contributed by atoms with Crippen LogP contribution in [-0.2, 0) is 6.42 Å². The van der Waals surface area contributed by atoms with Crippen LogP contribution < -0.4 is 21.3 Å². The van der Waals surface area contributed by atoms with Crippen LogP contribution in [0.3, 0.4) is 0 Å². The van der Waals surface area contributed by atoms with E-state index in [2.05, 4.69) is 22.3 Å². The number of carbonyl (C=O) groups excluding carboxylic acids is 1. The quantitative estimate of drug-likeness (QED) is 0.530. The summed E-state index contributed by atoms with van der Waals surface area (Å²) in [6.07, 6.45) is 7.01. The molecule has 1 fully saturated rings. The Morgan fingerprint density at radius 2 is 2.03 bits per heavy atom. The van der Waals surface area contributed by atoms with E-state index in [1.54, 1.807) is 6.07 Å². The van der Waals surface area contributed by atoms with Gasteiger partial charge in [-0.25, -0.2) is 4.79 Å². The van der Waals surface area contributed by atoms with Crippen LogP contribution in [0.5, 0.6) is 5.75 Å². The number of halogens is 1. The van der Waals surface area contributed by atoms with Gasteiger partial charge in [0.1, 0.15) is 12.4 Å². The number of carbonyl (C=O) groups is 1. The van der Waals surface area contributed by atoms with Crippen LogP contribution in [0.1, 0.15) is 31.2 Å². The van der Waals surface area contributed by atoms with Gasteiger partial charge in [-0.1, -0.05) is 30.2 Å². The summed E-state index contributed by atoms with van der Waals surface area (Å²) in [6, 6.07) is 9.09. The number of hydrogen-bond acceptors (Lipinski definition) is 5. The fraction of sp³-hybridized carbons (Fsp3) is 0.455. The summed E-state index contributed by atoms with van der Waals surface area (Å²) in [5.41, 5.74) is 6.96. The number of benzene rings is 1. The van der Waals surface area contributed by atoms with Crippen molar-refractivity contribution >= 4 is 23.3 Å². The molecule has 2 aromatic rings. The van der Waals surface area contributed by atoms with Crippen LogP contribution in [0.2, 0.25) is 5.02 Å². The van der Waals surface area contributed by atoms with Crippen LogP contribution >= 0.6 is 11.6 Å². The van der Waals surface area contributed by atoms with Crippen LogP contribution in [-0.4, -0.2) is 48.3 Å². The summed E-state index contributed by atoms with van der Waals surface area (Å²) in [6.45, 7) is 4.70. The minimum atomic E-state index is -0.734. The SMILES string of the molecule is N=c1c(NCCCc2cccc(OCCN3CCCCC3)c2)cc(Cl)cn1C(N)=O. The highest BCUT2D eigenvalue weighted by Gasteiger charge is 2.10. The van der Waals surface area contributed by atoms with E-state index in [0.29, 0.717) is 23.9 Å². The molecular weight excluding hydrogens is 402 g/mol. The topological polar surface area (TPSA) is 96.4 Å². The van der Waals surface area contributed by atoms with Gasteiger partial charge in [0, 0.05) is 19.3 Å². The number of anilines is 1. The molecule has 0 saturated carbocycles. The molecule has 1 aromatic heterocycles. The lowest BCUT2D eigenvalue weighted by molar-refractivity contribution is 0.183. The van der Waals surface area contributed by atoms with Gasteiger partial charge in [0.15, 0.2) is 5.49 Å². The Labute approximate surface area is 182 Å². The van der Waals surface area contributed by atoms with E-state index in [1.807, 2.05) is 12.1 Å². The van der Waals surface area contributed by atoms with E-state index >= 15 is 0 Å². The molecule has 30 heavy (non-hydrogen) atoms. The molecule has 3 rings (SSSR count). The number of nitrogens with one attached hydrogen (secondary N) is 2. The fourth-order valence-electron chi connectivity index (χ4n) is 3.65. The maximum atomic E-state index is 11.4. The lowest BCUT2D eigenvalue weighted by Gasteiger charge is -2.26. The summed E-state index contributed by atoms with van der Waals surface area (Å²) < 4.78 is 6.97. The number of piperidine rings is 1. The second-order valence-electron chi connectivity index (χ2n) is 7.56. The zero-order valence-electron chi connectivity index (χ0n) is 17.2. The van der Waals surface area contributed by atoms with E-state index < -0.39 is 6.03 Å². The van der Waals surface area contributed by atoms with E-state index in [-0.39, 0.29) is 5.49 Å². The van der Waals surface area contributed by atoms with Gasteiger partial charge in [-0.2, -0.15) is 0 Å². The van der Waals surface area contributed by atoms with Crippen LogP contribution in [0.25, 0.3) is 0 Å². The van der Waals surface area contributed by atoms with Crippen LogP contribution in [0, 0.1) is 5.41 Å². The Morgan fingerprint density at radius 1 is 1.23 bits per heavy atom. The fourth-order valence-corrected chi connectivity index (χ4v) is 3.86. The standard InChI is InChI=1S/C22H30ClN5O2/c23-18-15-20(21(24)28(16-18)22(25)29)26-9-5-7-17-6-4-8-19(14-17)30-13-12-27-10-2-1-3-11-27/h4,6,8,14-16,24,26H,1-3,5,7,9-13H2,(H2,25,29). The number of primary amides is 1. The first-order chi connectivity index (χ1) is 14.5. The van der Waals surface area contributed by atoms with Gasteiger partial charge in [-0.05, 0) is 62.5 Å². The van der Waals surface area contributed by atoms with E-state index in [9.17, 15) is 4.79 Å². The average Bonchev–Trinajstić information content (AvgIpc) is 2.74. The predicted molar refractivity (Wildman–Crippen MR) is 119 cm³/mol. The number of aryl methyl sites for hydroxylation is 1. The minimum absolute atomic E-state index is 0.00370. The minimum Gasteiger partial charge on any atom is -0.492 e. The third-order valence-electron chi connectivity index (χ3n) is 5.25. The lowest BCUT2D eigenvalue weighted by Crippen LogP contribution is -2.33. The number of nitrogens with two attached hydrogens (primary N) is 1. The van der Waals surface area contributed by atoms with Crippen molar-refractivity contribution in [2.45, 2.75) is 32.1 Å². The summed E-state index contributed by atoms with van der Waals surface area (Å²) in [4.78, 5) is 13.9. The maximum absolute atomic E-state index is 11.4. The zero-order chi connectivity index (χ0) is 21.3. The van der Waals surface area contributed by atoms with Gasteiger partial charge < -0.3 is 15.8 Å². The molecule has 1 aliphatic heterocycles. The van der Waals surface area contributed by atoms with Gasteiger partial charge in [-0.15, -0.1) is 0 Å². The van der Waals surface area contributed by atoms with Crippen molar-refractivity contribution in [3.63, 3.8) is 0 Å². The predicted octanol–water partition coefficient (Wildman–Crippen LogP) is 3.46. The monoisotopic (exact) mass is 431 g/mol. The summed E-state index contributed by atoms with van der Waals surface area (Å²) in [5.74, 6) is 0.906. The van der Waals surface area contributed by atoms with Crippen LogP contribution in [0.15, 0.2) is 36.5 Å².